The lowest BCUT2D eigenvalue weighted by atomic mass is 10.1. The average Bonchev–Trinajstić information content (AvgIpc) is 3.11. The molecular weight excluding hydrogens is 268 g/mol. The highest BCUT2D eigenvalue weighted by Gasteiger charge is 2.09. The third-order valence-electron chi connectivity index (χ3n) is 2.94. The number of carbonyl (C=O) groups is 1. The fraction of sp³-hybridized carbons (Fsp3) is 0.143. The highest BCUT2D eigenvalue weighted by atomic mass is 16.1. The van der Waals surface area contributed by atoms with Crippen LogP contribution < -0.4 is 5.32 Å². The Morgan fingerprint density at radius 1 is 1.33 bits per heavy atom. The number of benzene rings is 1. The summed E-state index contributed by atoms with van der Waals surface area (Å²) in [5, 5.41) is 14.5. The molecule has 0 radical (unpaired) electrons. The fourth-order valence-electron chi connectivity index (χ4n) is 1.99. The van der Waals surface area contributed by atoms with Crippen molar-refractivity contribution in [1.29, 1.82) is 0 Å². The highest BCUT2D eigenvalue weighted by molar-refractivity contribution is 6.03. The summed E-state index contributed by atoms with van der Waals surface area (Å²) in [6.45, 7) is 0.624. The van der Waals surface area contributed by atoms with Crippen molar-refractivity contribution in [3.63, 3.8) is 0 Å². The van der Waals surface area contributed by atoms with Crippen molar-refractivity contribution < 1.29 is 4.79 Å². The quantitative estimate of drug-likeness (QED) is 0.782. The standard InChI is InChI=1S/C14H14N6O/c1-19-10-13(17-18-19)16-14(21)12-5-2-4-11(8-12)9-20-7-3-6-15-20/h2-8,10H,9H2,1H3,(H,16,21). The van der Waals surface area contributed by atoms with E-state index in [1.165, 1.54) is 4.68 Å². The van der Waals surface area contributed by atoms with Gasteiger partial charge in [0.1, 0.15) is 0 Å². The van der Waals surface area contributed by atoms with Crippen LogP contribution in [-0.2, 0) is 13.6 Å². The molecule has 3 rings (SSSR count). The van der Waals surface area contributed by atoms with Gasteiger partial charge in [-0.15, -0.1) is 5.10 Å². The summed E-state index contributed by atoms with van der Waals surface area (Å²) in [7, 11) is 1.74. The first-order chi connectivity index (χ1) is 10.2. The van der Waals surface area contributed by atoms with Crippen LogP contribution in [0.15, 0.2) is 48.9 Å². The summed E-state index contributed by atoms with van der Waals surface area (Å²) in [5.41, 5.74) is 1.58. The van der Waals surface area contributed by atoms with Crippen LogP contribution >= 0.6 is 0 Å². The minimum Gasteiger partial charge on any atom is -0.304 e. The number of hydrogen-bond acceptors (Lipinski definition) is 4. The molecule has 1 aromatic carbocycles. The summed E-state index contributed by atoms with van der Waals surface area (Å²) in [6, 6.07) is 9.28. The van der Waals surface area contributed by atoms with E-state index < -0.39 is 0 Å². The van der Waals surface area contributed by atoms with Crippen molar-refractivity contribution in [2.75, 3.05) is 5.32 Å². The second kappa shape index (κ2) is 5.58. The van der Waals surface area contributed by atoms with E-state index in [0.29, 0.717) is 17.9 Å². The molecule has 0 aliphatic heterocycles. The molecule has 7 nitrogen and oxygen atoms in total. The first kappa shape index (κ1) is 13.0. The van der Waals surface area contributed by atoms with Gasteiger partial charge in [0.25, 0.3) is 5.91 Å². The van der Waals surface area contributed by atoms with Crippen LogP contribution in [0.3, 0.4) is 0 Å². The van der Waals surface area contributed by atoms with Gasteiger partial charge in [0.15, 0.2) is 5.82 Å². The van der Waals surface area contributed by atoms with Crippen molar-refractivity contribution in [2.45, 2.75) is 6.54 Å². The van der Waals surface area contributed by atoms with Crippen molar-refractivity contribution in [3.8, 4) is 0 Å². The molecule has 106 valence electrons. The summed E-state index contributed by atoms with van der Waals surface area (Å²) >= 11 is 0. The molecule has 0 unspecified atom stereocenters. The Morgan fingerprint density at radius 2 is 2.24 bits per heavy atom. The largest absolute Gasteiger partial charge is 0.304 e. The van der Waals surface area contributed by atoms with Crippen LogP contribution in [0.5, 0.6) is 0 Å². The smallest absolute Gasteiger partial charge is 0.256 e. The normalized spacial score (nSPS) is 10.5. The summed E-state index contributed by atoms with van der Waals surface area (Å²) in [4.78, 5) is 12.2. The Kier molecular flexibility index (Phi) is 3.46. The number of aryl methyl sites for hydroxylation is 1. The van der Waals surface area contributed by atoms with Crippen molar-refractivity contribution in [2.24, 2.45) is 7.05 Å². The van der Waals surface area contributed by atoms with Crippen LogP contribution in [0.4, 0.5) is 5.82 Å². The predicted molar refractivity (Wildman–Crippen MR) is 76.7 cm³/mol. The number of carbonyl (C=O) groups excluding carboxylic acids is 1. The van der Waals surface area contributed by atoms with Crippen LogP contribution in [0, 0.1) is 0 Å². The molecular formula is C14H14N6O. The van der Waals surface area contributed by atoms with E-state index in [2.05, 4.69) is 20.7 Å². The number of amides is 1. The van der Waals surface area contributed by atoms with Gasteiger partial charge in [-0.1, -0.05) is 17.3 Å². The SMILES string of the molecule is Cn1cc(NC(=O)c2cccc(Cn3cccn3)c2)nn1. The third-order valence-corrected chi connectivity index (χ3v) is 2.94. The van der Waals surface area contributed by atoms with Gasteiger partial charge in [0, 0.05) is 25.0 Å². The highest BCUT2D eigenvalue weighted by Crippen LogP contribution is 2.09. The lowest BCUT2D eigenvalue weighted by Gasteiger charge is -2.05. The second-order valence-corrected chi connectivity index (χ2v) is 4.64. The Labute approximate surface area is 121 Å². The number of rotatable bonds is 4. The predicted octanol–water partition coefficient (Wildman–Crippen LogP) is 1.31. The van der Waals surface area contributed by atoms with Crippen LogP contribution in [-0.4, -0.2) is 30.7 Å². The first-order valence-corrected chi connectivity index (χ1v) is 6.45. The minimum atomic E-state index is -0.210. The van der Waals surface area contributed by atoms with Gasteiger partial charge in [0.05, 0.1) is 12.7 Å². The molecule has 21 heavy (non-hydrogen) atoms. The number of nitrogens with zero attached hydrogens (tertiary/aromatic N) is 5. The van der Waals surface area contributed by atoms with E-state index in [1.54, 1.807) is 30.2 Å². The molecule has 0 fully saturated rings. The van der Waals surface area contributed by atoms with Crippen LogP contribution in [0.2, 0.25) is 0 Å². The Morgan fingerprint density at radius 3 is 2.95 bits per heavy atom. The van der Waals surface area contributed by atoms with Crippen molar-refractivity contribution in [1.82, 2.24) is 24.8 Å². The third kappa shape index (κ3) is 3.14. The molecule has 7 heteroatoms. The molecule has 1 N–H and O–H groups in total. The summed E-state index contributed by atoms with van der Waals surface area (Å²) in [5.74, 6) is 0.220. The Hall–Kier alpha value is -2.96. The molecule has 0 saturated heterocycles. The Bertz CT molecular complexity index is 746. The van der Waals surface area contributed by atoms with Gasteiger partial charge >= 0.3 is 0 Å². The molecule has 1 amide bonds. The summed E-state index contributed by atoms with van der Waals surface area (Å²) < 4.78 is 3.34. The second-order valence-electron chi connectivity index (χ2n) is 4.64. The van der Waals surface area contributed by atoms with E-state index in [9.17, 15) is 4.79 Å². The average molecular weight is 282 g/mol. The number of aromatic nitrogens is 5. The van der Waals surface area contributed by atoms with Crippen molar-refractivity contribution in [3.05, 3.63) is 60.0 Å². The van der Waals surface area contributed by atoms with Crippen LogP contribution in [0.1, 0.15) is 15.9 Å². The van der Waals surface area contributed by atoms with Gasteiger partial charge in [-0.05, 0) is 23.8 Å². The lowest BCUT2D eigenvalue weighted by Crippen LogP contribution is -2.13. The molecule has 0 aliphatic carbocycles. The molecule has 2 heterocycles. The monoisotopic (exact) mass is 282 g/mol. The number of hydrogen-bond donors (Lipinski definition) is 1. The van der Waals surface area contributed by atoms with E-state index >= 15 is 0 Å². The van der Waals surface area contributed by atoms with E-state index in [1.807, 2.05) is 30.5 Å². The molecule has 0 bridgehead atoms. The molecule has 2 aromatic heterocycles. The maximum atomic E-state index is 12.2. The summed E-state index contributed by atoms with van der Waals surface area (Å²) in [6.07, 6.45) is 5.25. The molecule has 0 spiro atoms. The number of nitrogens with one attached hydrogen (secondary N) is 1. The van der Waals surface area contributed by atoms with Gasteiger partial charge in [-0.3, -0.25) is 14.2 Å². The van der Waals surface area contributed by atoms with E-state index in [0.717, 1.165) is 5.56 Å². The first-order valence-electron chi connectivity index (χ1n) is 6.45. The van der Waals surface area contributed by atoms with Crippen LogP contribution in [0.25, 0.3) is 0 Å². The zero-order chi connectivity index (χ0) is 14.7. The topological polar surface area (TPSA) is 77.6 Å². The molecule has 0 atom stereocenters. The molecule has 3 aromatic rings. The molecule has 0 aliphatic rings. The molecule has 0 saturated carbocycles. The lowest BCUT2D eigenvalue weighted by molar-refractivity contribution is 0.102. The maximum Gasteiger partial charge on any atom is 0.256 e. The van der Waals surface area contributed by atoms with Gasteiger partial charge < -0.3 is 5.32 Å². The van der Waals surface area contributed by atoms with E-state index in [-0.39, 0.29) is 5.91 Å². The van der Waals surface area contributed by atoms with Gasteiger partial charge in [0.2, 0.25) is 0 Å². The maximum absolute atomic E-state index is 12.2. The van der Waals surface area contributed by atoms with Gasteiger partial charge in [-0.25, -0.2) is 0 Å². The fourth-order valence-corrected chi connectivity index (χ4v) is 1.99. The Balaban J connectivity index is 1.74. The minimum absolute atomic E-state index is 0.210. The zero-order valence-electron chi connectivity index (χ0n) is 11.5. The zero-order valence-corrected chi connectivity index (χ0v) is 11.5. The van der Waals surface area contributed by atoms with E-state index in [4.69, 9.17) is 0 Å². The van der Waals surface area contributed by atoms with Gasteiger partial charge in [-0.2, -0.15) is 5.10 Å². The van der Waals surface area contributed by atoms with Crippen molar-refractivity contribution >= 4 is 11.7 Å². The number of anilines is 1.